The van der Waals surface area contributed by atoms with E-state index in [9.17, 15) is 0 Å². The van der Waals surface area contributed by atoms with Gasteiger partial charge in [0.25, 0.3) is 0 Å². The molecule has 0 atom stereocenters. The van der Waals surface area contributed by atoms with Crippen LogP contribution in [0.15, 0.2) is 18.2 Å². The predicted octanol–water partition coefficient (Wildman–Crippen LogP) is 2.74. The number of nitrogens with zero attached hydrogens (tertiary/aromatic N) is 1. The van der Waals surface area contributed by atoms with Crippen LogP contribution in [0.3, 0.4) is 0 Å². The summed E-state index contributed by atoms with van der Waals surface area (Å²) < 4.78 is 5.25. The lowest BCUT2D eigenvalue weighted by molar-refractivity contribution is 0.412. The number of benzene rings is 1. The zero-order valence-corrected chi connectivity index (χ0v) is 10.6. The zero-order chi connectivity index (χ0) is 12.4. The minimum Gasteiger partial charge on any atom is -0.496 e. The highest BCUT2D eigenvalue weighted by Crippen LogP contribution is 2.30. The van der Waals surface area contributed by atoms with Crippen molar-refractivity contribution in [3.63, 3.8) is 0 Å². The first-order valence-electron chi connectivity index (χ1n) is 5.55. The Morgan fingerprint density at radius 1 is 1.29 bits per heavy atom. The van der Waals surface area contributed by atoms with E-state index in [1.807, 2.05) is 33.0 Å². The Balaban J connectivity index is 2.49. The summed E-state index contributed by atoms with van der Waals surface area (Å²) in [5.41, 5.74) is 5.20. The highest BCUT2D eigenvalue weighted by Gasteiger charge is 2.11. The average Bonchev–Trinajstić information content (AvgIpc) is 2.70. The van der Waals surface area contributed by atoms with Gasteiger partial charge in [0.2, 0.25) is 0 Å². The summed E-state index contributed by atoms with van der Waals surface area (Å²) in [7, 11) is 3.58. The van der Waals surface area contributed by atoms with Gasteiger partial charge < -0.3 is 10.1 Å². The molecule has 1 heterocycles. The van der Waals surface area contributed by atoms with Gasteiger partial charge in [-0.25, -0.2) is 0 Å². The van der Waals surface area contributed by atoms with Crippen molar-refractivity contribution < 1.29 is 4.74 Å². The third-order valence-electron chi connectivity index (χ3n) is 2.87. The molecule has 0 fully saturated rings. The van der Waals surface area contributed by atoms with Crippen molar-refractivity contribution in [1.82, 2.24) is 10.2 Å². The number of hydrogen-bond donors (Lipinski definition) is 2. The fourth-order valence-electron chi connectivity index (χ4n) is 1.97. The lowest BCUT2D eigenvalue weighted by Gasteiger charge is -2.07. The van der Waals surface area contributed by atoms with Gasteiger partial charge in [-0.3, -0.25) is 5.10 Å². The molecule has 0 amide bonds. The first-order chi connectivity index (χ1) is 8.17. The molecule has 0 aliphatic rings. The van der Waals surface area contributed by atoms with E-state index >= 15 is 0 Å². The maximum Gasteiger partial charge on any atom is 0.121 e. The van der Waals surface area contributed by atoms with E-state index in [0.717, 1.165) is 34.0 Å². The van der Waals surface area contributed by atoms with E-state index in [0.29, 0.717) is 0 Å². The number of anilines is 1. The van der Waals surface area contributed by atoms with Gasteiger partial charge >= 0.3 is 0 Å². The second kappa shape index (κ2) is 4.49. The standard InChI is InChI=1S/C13H17N3O/c1-8-7-10(5-6-11(8)17-4)13-12(14-3)9(2)15-16-13/h5-7,14H,1-4H3,(H,15,16). The molecule has 1 aromatic heterocycles. The summed E-state index contributed by atoms with van der Waals surface area (Å²) in [5.74, 6) is 0.895. The number of aromatic nitrogens is 2. The minimum absolute atomic E-state index is 0.895. The summed E-state index contributed by atoms with van der Waals surface area (Å²) in [4.78, 5) is 0. The number of H-pyrrole nitrogens is 1. The van der Waals surface area contributed by atoms with Crippen LogP contribution in [-0.2, 0) is 0 Å². The molecule has 0 spiro atoms. The van der Waals surface area contributed by atoms with E-state index in [4.69, 9.17) is 4.74 Å². The second-order valence-corrected chi connectivity index (χ2v) is 4.01. The summed E-state index contributed by atoms with van der Waals surface area (Å²) in [6, 6.07) is 6.06. The summed E-state index contributed by atoms with van der Waals surface area (Å²) >= 11 is 0. The van der Waals surface area contributed by atoms with Gasteiger partial charge in [-0.1, -0.05) is 0 Å². The van der Waals surface area contributed by atoms with Crippen LogP contribution >= 0.6 is 0 Å². The third kappa shape index (κ3) is 1.98. The van der Waals surface area contributed by atoms with Crippen molar-refractivity contribution in [3.8, 4) is 17.0 Å². The Morgan fingerprint density at radius 3 is 2.65 bits per heavy atom. The highest BCUT2D eigenvalue weighted by atomic mass is 16.5. The normalized spacial score (nSPS) is 10.4. The molecule has 0 aliphatic heterocycles. The lowest BCUT2D eigenvalue weighted by Crippen LogP contribution is -1.92. The maximum absolute atomic E-state index is 5.25. The van der Waals surface area contributed by atoms with Crippen molar-refractivity contribution in [2.75, 3.05) is 19.5 Å². The van der Waals surface area contributed by atoms with Crippen molar-refractivity contribution in [2.24, 2.45) is 0 Å². The Kier molecular flexibility index (Phi) is 3.04. The van der Waals surface area contributed by atoms with Gasteiger partial charge in [-0.2, -0.15) is 5.10 Å². The van der Waals surface area contributed by atoms with Crippen molar-refractivity contribution in [2.45, 2.75) is 13.8 Å². The third-order valence-corrected chi connectivity index (χ3v) is 2.87. The molecule has 1 aromatic carbocycles. The average molecular weight is 231 g/mol. The van der Waals surface area contributed by atoms with E-state index in [1.165, 1.54) is 0 Å². The highest BCUT2D eigenvalue weighted by molar-refractivity contribution is 5.76. The SMILES string of the molecule is CNc1c(-c2ccc(OC)c(C)c2)n[nH]c1C. The van der Waals surface area contributed by atoms with Crippen LogP contribution < -0.4 is 10.1 Å². The smallest absolute Gasteiger partial charge is 0.121 e. The van der Waals surface area contributed by atoms with E-state index in [2.05, 4.69) is 21.6 Å². The molecule has 90 valence electrons. The number of aromatic amines is 1. The molecule has 0 aliphatic carbocycles. The fourth-order valence-corrected chi connectivity index (χ4v) is 1.97. The monoisotopic (exact) mass is 231 g/mol. The van der Waals surface area contributed by atoms with Gasteiger partial charge in [-0.15, -0.1) is 0 Å². The van der Waals surface area contributed by atoms with Gasteiger partial charge in [0.15, 0.2) is 0 Å². The predicted molar refractivity (Wildman–Crippen MR) is 69.6 cm³/mol. The van der Waals surface area contributed by atoms with E-state index in [1.54, 1.807) is 7.11 Å². The molecule has 17 heavy (non-hydrogen) atoms. The first-order valence-corrected chi connectivity index (χ1v) is 5.55. The molecule has 0 radical (unpaired) electrons. The Hall–Kier alpha value is -1.97. The summed E-state index contributed by atoms with van der Waals surface area (Å²) in [5, 5.41) is 10.5. The number of ether oxygens (including phenoxy) is 1. The Bertz CT molecular complexity index is 531. The molecule has 2 N–H and O–H groups in total. The van der Waals surface area contributed by atoms with Gasteiger partial charge in [-0.05, 0) is 37.6 Å². The zero-order valence-electron chi connectivity index (χ0n) is 10.6. The van der Waals surface area contributed by atoms with Crippen LogP contribution in [0.2, 0.25) is 0 Å². The number of hydrogen-bond acceptors (Lipinski definition) is 3. The van der Waals surface area contributed by atoms with Gasteiger partial charge in [0.05, 0.1) is 18.5 Å². The van der Waals surface area contributed by atoms with Crippen molar-refractivity contribution in [1.29, 1.82) is 0 Å². The number of rotatable bonds is 3. The molecule has 4 heteroatoms. The number of nitrogens with one attached hydrogen (secondary N) is 2. The summed E-state index contributed by atoms with van der Waals surface area (Å²) in [6.07, 6.45) is 0. The van der Waals surface area contributed by atoms with Crippen LogP contribution in [0.25, 0.3) is 11.3 Å². The molecule has 0 bridgehead atoms. The van der Waals surface area contributed by atoms with Crippen LogP contribution in [0.4, 0.5) is 5.69 Å². The Morgan fingerprint density at radius 2 is 2.06 bits per heavy atom. The second-order valence-electron chi connectivity index (χ2n) is 4.01. The van der Waals surface area contributed by atoms with E-state index in [-0.39, 0.29) is 0 Å². The molecule has 0 unspecified atom stereocenters. The molecular formula is C13H17N3O. The summed E-state index contributed by atoms with van der Waals surface area (Å²) in [6.45, 7) is 4.03. The largest absolute Gasteiger partial charge is 0.496 e. The van der Waals surface area contributed by atoms with Crippen LogP contribution in [0, 0.1) is 13.8 Å². The van der Waals surface area contributed by atoms with E-state index < -0.39 is 0 Å². The topological polar surface area (TPSA) is 49.9 Å². The number of aryl methyl sites for hydroxylation is 2. The number of methoxy groups -OCH3 is 1. The van der Waals surface area contributed by atoms with Crippen molar-refractivity contribution >= 4 is 5.69 Å². The fraction of sp³-hybridized carbons (Fsp3) is 0.308. The molecule has 0 saturated heterocycles. The minimum atomic E-state index is 0.895. The van der Waals surface area contributed by atoms with Gasteiger partial charge in [0.1, 0.15) is 11.4 Å². The van der Waals surface area contributed by atoms with Crippen LogP contribution in [-0.4, -0.2) is 24.4 Å². The first kappa shape index (κ1) is 11.5. The van der Waals surface area contributed by atoms with Crippen LogP contribution in [0.1, 0.15) is 11.3 Å². The van der Waals surface area contributed by atoms with Crippen LogP contribution in [0.5, 0.6) is 5.75 Å². The van der Waals surface area contributed by atoms with Gasteiger partial charge in [0, 0.05) is 12.6 Å². The van der Waals surface area contributed by atoms with Crippen molar-refractivity contribution in [3.05, 3.63) is 29.5 Å². The molecule has 4 nitrogen and oxygen atoms in total. The molecule has 2 aromatic rings. The molecule has 2 rings (SSSR count). The lowest BCUT2D eigenvalue weighted by atomic mass is 10.1. The quantitative estimate of drug-likeness (QED) is 0.854. The molecular weight excluding hydrogens is 214 g/mol. The molecule has 0 saturated carbocycles. The Labute approximate surface area is 101 Å². The maximum atomic E-state index is 5.25.